The molecule has 0 spiro atoms. The van der Waals surface area contributed by atoms with Gasteiger partial charge in [-0.05, 0) is 11.6 Å². The summed E-state index contributed by atoms with van der Waals surface area (Å²) in [6, 6.07) is 8.18. The number of azo groups is 1. The van der Waals surface area contributed by atoms with Crippen LogP contribution in [0.4, 0.5) is 5.69 Å². The second kappa shape index (κ2) is 2.46. The molecule has 0 saturated heterocycles. The maximum Gasteiger partial charge on any atom is 0.0887 e. The first-order chi connectivity index (χ1) is 5.38. The third-order valence-corrected chi connectivity index (χ3v) is 2.00. The number of fused-ring (bicyclic) bond motifs is 1. The van der Waals surface area contributed by atoms with Gasteiger partial charge in [0, 0.05) is 5.92 Å². The van der Waals surface area contributed by atoms with Crippen LogP contribution in [0.5, 0.6) is 0 Å². The Labute approximate surface area is 66.0 Å². The predicted octanol–water partition coefficient (Wildman–Crippen LogP) is 2.89. The molecule has 0 aliphatic carbocycles. The Kier molecular flexibility index (Phi) is 1.46. The van der Waals surface area contributed by atoms with E-state index in [-0.39, 0.29) is 0 Å². The van der Waals surface area contributed by atoms with Crippen molar-refractivity contribution in [2.24, 2.45) is 10.2 Å². The van der Waals surface area contributed by atoms with Crippen molar-refractivity contribution in [2.45, 2.75) is 12.8 Å². The van der Waals surface area contributed by atoms with E-state index in [0.717, 1.165) is 12.2 Å². The van der Waals surface area contributed by atoms with Crippen LogP contribution in [0.25, 0.3) is 0 Å². The highest BCUT2D eigenvalue weighted by Crippen LogP contribution is 2.30. The van der Waals surface area contributed by atoms with Gasteiger partial charge in [-0.1, -0.05) is 25.1 Å². The zero-order valence-corrected chi connectivity index (χ0v) is 6.49. The van der Waals surface area contributed by atoms with E-state index in [1.807, 2.05) is 12.1 Å². The quantitative estimate of drug-likeness (QED) is 0.537. The SMILES string of the molecule is CC1CN=Nc2ccccc21. The van der Waals surface area contributed by atoms with Crippen LogP contribution >= 0.6 is 0 Å². The maximum atomic E-state index is 4.07. The summed E-state index contributed by atoms with van der Waals surface area (Å²) >= 11 is 0. The van der Waals surface area contributed by atoms with Gasteiger partial charge in [-0.15, -0.1) is 0 Å². The largest absolute Gasteiger partial charge is 0.188 e. The van der Waals surface area contributed by atoms with E-state index < -0.39 is 0 Å². The van der Waals surface area contributed by atoms with Crippen LogP contribution in [0.1, 0.15) is 18.4 Å². The average Bonchev–Trinajstić information content (AvgIpc) is 2.06. The summed E-state index contributed by atoms with van der Waals surface area (Å²) in [6.07, 6.45) is 0. The van der Waals surface area contributed by atoms with E-state index >= 15 is 0 Å². The summed E-state index contributed by atoms with van der Waals surface area (Å²) in [6.45, 7) is 3.01. The molecular weight excluding hydrogens is 136 g/mol. The van der Waals surface area contributed by atoms with E-state index in [4.69, 9.17) is 0 Å². The normalized spacial score (nSPS) is 21.4. The van der Waals surface area contributed by atoms with Gasteiger partial charge in [-0.2, -0.15) is 10.2 Å². The molecule has 0 bridgehead atoms. The summed E-state index contributed by atoms with van der Waals surface area (Å²) in [5, 5.41) is 8.09. The summed E-state index contributed by atoms with van der Waals surface area (Å²) in [7, 11) is 0. The van der Waals surface area contributed by atoms with E-state index in [9.17, 15) is 0 Å². The lowest BCUT2D eigenvalue weighted by Gasteiger charge is -2.14. The van der Waals surface area contributed by atoms with Crippen LogP contribution in [0, 0.1) is 0 Å². The number of rotatable bonds is 0. The molecule has 1 unspecified atom stereocenters. The van der Waals surface area contributed by atoms with Crippen molar-refractivity contribution < 1.29 is 0 Å². The lowest BCUT2D eigenvalue weighted by molar-refractivity contribution is 0.720. The van der Waals surface area contributed by atoms with Crippen LogP contribution in [0.2, 0.25) is 0 Å². The van der Waals surface area contributed by atoms with Crippen LogP contribution < -0.4 is 0 Å². The molecule has 1 heterocycles. The number of benzene rings is 1. The van der Waals surface area contributed by atoms with Gasteiger partial charge in [-0.3, -0.25) is 0 Å². The highest BCUT2D eigenvalue weighted by molar-refractivity contribution is 5.48. The minimum Gasteiger partial charge on any atom is -0.188 e. The fraction of sp³-hybridized carbons (Fsp3) is 0.333. The van der Waals surface area contributed by atoms with Crippen LogP contribution in [-0.2, 0) is 0 Å². The molecule has 1 atom stereocenters. The molecule has 1 aliphatic heterocycles. The van der Waals surface area contributed by atoms with Crippen molar-refractivity contribution >= 4 is 5.69 Å². The molecule has 2 rings (SSSR count). The van der Waals surface area contributed by atoms with Crippen molar-refractivity contribution in [2.75, 3.05) is 6.54 Å². The Bertz CT molecular complexity index is 291. The van der Waals surface area contributed by atoms with Gasteiger partial charge < -0.3 is 0 Å². The van der Waals surface area contributed by atoms with Gasteiger partial charge in [0.05, 0.1) is 12.2 Å². The Hall–Kier alpha value is -1.18. The van der Waals surface area contributed by atoms with Crippen LogP contribution in [0.3, 0.4) is 0 Å². The van der Waals surface area contributed by atoms with Crippen molar-refractivity contribution in [3.8, 4) is 0 Å². The van der Waals surface area contributed by atoms with Gasteiger partial charge in [0.25, 0.3) is 0 Å². The number of hydrogen-bond acceptors (Lipinski definition) is 2. The lowest BCUT2D eigenvalue weighted by atomic mass is 9.99. The molecule has 1 aromatic rings. The second-order valence-electron chi connectivity index (χ2n) is 2.88. The molecule has 2 heteroatoms. The molecule has 0 fully saturated rings. The zero-order valence-electron chi connectivity index (χ0n) is 6.49. The first-order valence-corrected chi connectivity index (χ1v) is 3.84. The molecule has 0 radical (unpaired) electrons. The molecule has 0 N–H and O–H groups in total. The first kappa shape index (κ1) is 6.53. The highest BCUT2D eigenvalue weighted by atomic mass is 15.1. The minimum atomic E-state index is 0.531. The van der Waals surface area contributed by atoms with Gasteiger partial charge in [-0.25, -0.2) is 0 Å². The van der Waals surface area contributed by atoms with Gasteiger partial charge in [0.15, 0.2) is 0 Å². The number of hydrogen-bond donors (Lipinski definition) is 0. The van der Waals surface area contributed by atoms with Gasteiger partial charge in [0.2, 0.25) is 0 Å². The van der Waals surface area contributed by atoms with E-state index in [1.165, 1.54) is 5.56 Å². The summed E-state index contributed by atoms with van der Waals surface area (Å²) in [4.78, 5) is 0. The molecule has 0 saturated carbocycles. The summed E-state index contributed by atoms with van der Waals surface area (Å²) in [5.74, 6) is 0.531. The lowest BCUT2D eigenvalue weighted by Crippen LogP contribution is -2.00. The predicted molar refractivity (Wildman–Crippen MR) is 44.2 cm³/mol. The topological polar surface area (TPSA) is 24.7 Å². The summed E-state index contributed by atoms with van der Waals surface area (Å²) < 4.78 is 0. The molecule has 56 valence electrons. The highest BCUT2D eigenvalue weighted by Gasteiger charge is 2.12. The minimum absolute atomic E-state index is 0.531. The smallest absolute Gasteiger partial charge is 0.0887 e. The van der Waals surface area contributed by atoms with Gasteiger partial charge >= 0.3 is 0 Å². The van der Waals surface area contributed by atoms with Crippen molar-refractivity contribution in [3.63, 3.8) is 0 Å². The van der Waals surface area contributed by atoms with E-state index in [0.29, 0.717) is 5.92 Å². The van der Waals surface area contributed by atoms with Gasteiger partial charge in [0.1, 0.15) is 0 Å². The van der Waals surface area contributed by atoms with Crippen molar-refractivity contribution in [1.82, 2.24) is 0 Å². The van der Waals surface area contributed by atoms with E-state index in [2.05, 4.69) is 29.3 Å². The molecule has 0 amide bonds. The monoisotopic (exact) mass is 146 g/mol. The summed E-state index contributed by atoms with van der Waals surface area (Å²) in [5.41, 5.74) is 2.36. The third kappa shape index (κ3) is 1.04. The molecule has 0 aromatic heterocycles. The Balaban J connectivity index is 2.54. The fourth-order valence-electron chi connectivity index (χ4n) is 1.33. The zero-order chi connectivity index (χ0) is 7.68. The van der Waals surface area contributed by atoms with Crippen LogP contribution in [0.15, 0.2) is 34.5 Å². The molecule has 1 aromatic carbocycles. The Morgan fingerprint density at radius 1 is 1.36 bits per heavy atom. The molecule has 2 nitrogen and oxygen atoms in total. The fourth-order valence-corrected chi connectivity index (χ4v) is 1.33. The Morgan fingerprint density at radius 3 is 3.00 bits per heavy atom. The number of nitrogens with zero attached hydrogens (tertiary/aromatic N) is 2. The standard InChI is InChI=1S/C9H10N2/c1-7-6-10-11-9-5-3-2-4-8(7)9/h2-5,7H,6H2,1H3. The van der Waals surface area contributed by atoms with Crippen molar-refractivity contribution in [3.05, 3.63) is 29.8 Å². The molecular formula is C9H10N2. The average molecular weight is 146 g/mol. The molecule has 11 heavy (non-hydrogen) atoms. The molecule has 1 aliphatic rings. The third-order valence-electron chi connectivity index (χ3n) is 2.00. The Morgan fingerprint density at radius 2 is 2.18 bits per heavy atom. The van der Waals surface area contributed by atoms with E-state index in [1.54, 1.807) is 0 Å². The maximum absolute atomic E-state index is 4.07. The van der Waals surface area contributed by atoms with Crippen LogP contribution in [-0.4, -0.2) is 6.54 Å². The first-order valence-electron chi connectivity index (χ1n) is 3.84. The second-order valence-corrected chi connectivity index (χ2v) is 2.88. The van der Waals surface area contributed by atoms with Crippen molar-refractivity contribution in [1.29, 1.82) is 0 Å².